The molecule has 19 heavy (non-hydrogen) atoms. The number of carbonyl (C=O) groups is 2. The number of rotatable bonds is 3. The van der Waals surface area contributed by atoms with Crippen molar-refractivity contribution in [3.8, 4) is 11.1 Å². The van der Waals surface area contributed by atoms with Gasteiger partial charge in [-0.2, -0.15) is 0 Å². The first-order valence-electron chi connectivity index (χ1n) is 5.22. The lowest BCUT2D eigenvalue weighted by Gasteiger charge is -2.05. The molecule has 0 atom stereocenters. The van der Waals surface area contributed by atoms with Crippen LogP contribution in [0, 0.1) is 5.82 Å². The number of carboxylic acids is 2. The van der Waals surface area contributed by atoms with Crippen molar-refractivity contribution in [1.82, 2.24) is 4.98 Å². The van der Waals surface area contributed by atoms with Gasteiger partial charge in [0.25, 0.3) is 0 Å². The van der Waals surface area contributed by atoms with Gasteiger partial charge in [0.05, 0.1) is 0 Å². The van der Waals surface area contributed by atoms with E-state index in [1.54, 1.807) is 6.07 Å². The van der Waals surface area contributed by atoms with Gasteiger partial charge in [-0.1, -0.05) is 12.1 Å². The van der Waals surface area contributed by atoms with Gasteiger partial charge in [0.15, 0.2) is 0 Å². The van der Waals surface area contributed by atoms with Crippen molar-refractivity contribution in [2.75, 3.05) is 0 Å². The van der Waals surface area contributed by atoms with Crippen LogP contribution in [0.3, 0.4) is 0 Å². The Morgan fingerprint density at radius 2 is 1.53 bits per heavy atom. The Morgan fingerprint density at radius 1 is 0.947 bits per heavy atom. The van der Waals surface area contributed by atoms with Gasteiger partial charge >= 0.3 is 11.9 Å². The summed E-state index contributed by atoms with van der Waals surface area (Å²) in [6, 6.07) is 7.82. The summed E-state index contributed by atoms with van der Waals surface area (Å²) < 4.78 is 13.1. The van der Waals surface area contributed by atoms with Gasteiger partial charge in [-0.05, 0) is 35.4 Å². The van der Waals surface area contributed by atoms with Crippen LogP contribution in [0.5, 0.6) is 0 Å². The molecule has 6 heteroatoms. The third-order valence-corrected chi connectivity index (χ3v) is 2.42. The lowest BCUT2D eigenvalue weighted by molar-refractivity contribution is 0.0685. The second-order valence-electron chi connectivity index (χ2n) is 3.75. The smallest absolute Gasteiger partial charge is 0.354 e. The number of pyridine rings is 1. The van der Waals surface area contributed by atoms with Crippen LogP contribution < -0.4 is 0 Å². The molecule has 1 aromatic carbocycles. The summed E-state index contributed by atoms with van der Waals surface area (Å²) in [6.45, 7) is 0. The summed E-state index contributed by atoms with van der Waals surface area (Å²) in [7, 11) is 0. The maximum absolute atomic E-state index is 13.1. The molecule has 1 heterocycles. The first-order chi connectivity index (χ1) is 8.97. The Bertz CT molecular complexity index is 637. The minimum atomic E-state index is -1.35. The first-order valence-corrected chi connectivity index (χ1v) is 5.22. The van der Waals surface area contributed by atoms with Gasteiger partial charge in [0, 0.05) is 0 Å². The summed E-state index contributed by atoms with van der Waals surface area (Å²) >= 11 is 0. The monoisotopic (exact) mass is 261 g/mol. The van der Waals surface area contributed by atoms with Crippen LogP contribution in [0.15, 0.2) is 36.4 Å². The highest BCUT2D eigenvalue weighted by Gasteiger charge is 2.14. The van der Waals surface area contributed by atoms with E-state index in [9.17, 15) is 14.0 Å². The summed E-state index contributed by atoms with van der Waals surface area (Å²) in [5.41, 5.74) is -0.143. The van der Waals surface area contributed by atoms with E-state index in [-0.39, 0.29) is 5.56 Å². The first kappa shape index (κ1) is 12.7. The molecule has 2 rings (SSSR count). The molecule has 0 saturated carbocycles. The third-order valence-electron chi connectivity index (χ3n) is 2.42. The van der Waals surface area contributed by atoms with Crippen LogP contribution in [0.2, 0.25) is 0 Å². The number of aromatic nitrogens is 1. The molecule has 0 bridgehead atoms. The molecule has 1 aromatic heterocycles. The lowest BCUT2D eigenvalue weighted by Crippen LogP contribution is -2.07. The molecule has 5 nitrogen and oxygen atoms in total. The standard InChI is InChI=1S/C13H8FNO4/c14-9-3-1-2-7(4-9)8-5-10(12(16)17)15-11(6-8)13(18)19/h1-6H,(H,16,17)(H,18,19). The van der Waals surface area contributed by atoms with E-state index in [0.717, 1.165) is 0 Å². The summed E-state index contributed by atoms with van der Waals surface area (Å²) in [4.78, 5) is 25.3. The van der Waals surface area contributed by atoms with Gasteiger partial charge in [-0.3, -0.25) is 0 Å². The normalized spacial score (nSPS) is 10.2. The number of carboxylic acid groups (broad SMARTS) is 2. The van der Waals surface area contributed by atoms with Gasteiger partial charge in [-0.15, -0.1) is 0 Å². The van der Waals surface area contributed by atoms with E-state index >= 15 is 0 Å². The highest BCUT2D eigenvalue weighted by atomic mass is 19.1. The highest BCUT2D eigenvalue weighted by molar-refractivity contribution is 5.92. The molecule has 0 aliphatic heterocycles. The van der Waals surface area contributed by atoms with Crippen molar-refractivity contribution in [2.45, 2.75) is 0 Å². The fraction of sp³-hybridized carbons (Fsp3) is 0. The van der Waals surface area contributed by atoms with E-state index in [1.165, 1.54) is 30.3 Å². The molecule has 0 spiro atoms. The van der Waals surface area contributed by atoms with E-state index < -0.39 is 29.1 Å². The van der Waals surface area contributed by atoms with Gasteiger partial charge in [-0.25, -0.2) is 19.0 Å². The van der Waals surface area contributed by atoms with Crippen LogP contribution in [0.25, 0.3) is 11.1 Å². The maximum Gasteiger partial charge on any atom is 0.354 e. The molecule has 0 aliphatic carbocycles. The third kappa shape index (κ3) is 2.74. The number of hydrogen-bond acceptors (Lipinski definition) is 3. The van der Waals surface area contributed by atoms with Crippen molar-refractivity contribution >= 4 is 11.9 Å². The fourth-order valence-corrected chi connectivity index (χ4v) is 1.58. The Balaban J connectivity index is 2.62. The second kappa shape index (κ2) is 4.85. The van der Waals surface area contributed by atoms with Crippen LogP contribution in [-0.2, 0) is 0 Å². The van der Waals surface area contributed by atoms with Gasteiger partial charge in [0.2, 0.25) is 0 Å². The van der Waals surface area contributed by atoms with Gasteiger partial charge < -0.3 is 10.2 Å². The van der Waals surface area contributed by atoms with Crippen molar-refractivity contribution in [3.63, 3.8) is 0 Å². The largest absolute Gasteiger partial charge is 0.477 e. The summed E-state index contributed by atoms with van der Waals surface area (Å²) in [5, 5.41) is 17.8. The van der Waals surface area contributed by atoms with E-state index in [0.29, 0.717) is 5.56 Å². The Hall–Kier alpha value is -2.76. The number of nitrogens with zero attached hydrogens (tertiary/aromatic N) is 1. The highest BCUT2D eigenvalue weighted by Crippen LogP contribution is 2.22. The minimum absolute atomic E-state index is 0.282. The topological polar surface area (TPSA) is 87.5 Å². The van der Waals surface area contributed by atoms with Gasteiger partial charge in [0.1, 0.15) is 17.2 Å². The zero-order chi connectivity index (χ0) is 14.0. The van der Waals surface area contributed by atoms with Crippen molar-refractivity contribution in [3.05, 3.63) is 53.6 Å². The van der Waals surface area contributed by atoms with Crippen LogP contribution >= 0.6 is 0 Å². The minimum Gasteiger partial charge on any atom is -0.477 e. The van der Waals surface area contributed by atoms with E-state index in [2.05, 4.69) is 4.98 Å². The average molecular weight is 261 g/mol. The molecule has 0 aliphatic rings. The Morgan fingerprint density at radius 3 is 2.00 bits per heavy atom. The second-order valence-corrected chi connectivity index (χ2v) is 3.75. The molecular formula is C13H8FNO4. The fourth-order valence-electron chi connectivity index (χ4n) is 1.58. The van der Waals surface area contributed by atoms with Crippen LogP contribution in [0.1, 0.15) is 21.0 Å². The van der Waals surface area contributed by atoms with E-state index in [4.69, 9.17) is 10.2 Å². The SMILES string of the molecule is O=C(O)c1cc(-c2cccc(F)c2)cc(C(=O)O)n1. The molecule has 2 aromatic rings. The number of hydrogen-bond donors (Lipinski definition) is 2. The van der Waals surface area contributed by atoms with Crippen molar-refractivity contribution in [2.24, 2.45) is 0 Å². The average Bonchev–Trinajstić information content (AvgIpc) is 2.38. The Labute approximate surface area is 107 Å². The molecule has 0 radical (unpaired) electrons. The Kier molecular flexibility index (Phi) is 3.24. The number of halogens is 1. The molecule has 0 unspecified atom stereocenters. The predicted molar refractivity (Wildman–Crippen MR) is 63.5 cm³/mol. The van der Waals surface area contributed by atoms with Crippen LogP contribution in [0.4, 0.5) is 4.39 Å². The summed E-state index contributed by atoms with van der Waals surface area (Å²) in [6.07, 6.45) is 0. The molecule has 2 N–H and O–H groups in total. The van der Waals surface area contributed by atoms with E-state index in [1.807, 2.05) is 0 Å². The molecule has 0 saturated heterocycles. The maximum atomic E-state index is 13.1. The predicted octanol–water partition coefficient (Wildman–Crippen LogP) is 2.28. The summed E-state index contributed by atoms with van der Waals surface area (Å²) in [5.74, 6) is -3.19. The molecule has 0 fully saturated rings. The lowest BCUT2D eigenvalue weighted by atomic mass is 10.0. The zero-order valence-corrected chi connectivity index (χ0v) is 9.50. The van der Waals surface area contributed by atoms with Crippen molar-refractivity contribution < 1.29 is 24.2 Å². The molecule has 96 valence electrons. The van der Waals surface area contributed by atoms with Crippen molar-refractivity contribution in [1.29, 1.82) is 0 Å². The quantitative estimate of drug-likeness (QED) is 0.884. The molecular weight excluding hydrogens is 253 g/mol. The molecule has 0 amide bonds. The zero-order valence-electron chi connectivity index (χ0n) is 9.50. The van der Waals surface area contributed by atoms with Crippen LogP contribution in [-0.4, -0.2) is 27.1 Å². The number of aromatic carboxylic acids is 2. The number of benzene rings is 1.